The summed E-state index contributed by atoms with van der Waals surface area (Å²) in [4.78, 5) is 0.123. The van der Waals surface area contributed by atoms with Crippen molar-refractivity contribution >= 4 is 31.6 Å². The minimum atomic E-state index is -3.56. The monoisotopic (exact) mass is 343 g/mol. The molecule has 0 unspecified atom stereocenters. The number of alkyl halides is 1. The molecule has 7 heteroatoms. The second kappa shape index (κ2) is 6.21. The van der Waals surface area contributed by atoms with Gasteiger partial charge in [0.15, 0.2) is 0 Å². The van der Waals surface area contributed by atoms with Gasteiger partial charge >= 0.3 is 0 Å². The number of rotatable bonds is 6. The fourth-order valence-corrected chi connectivity index (χ4v) is 2.90. The number of aryl methyl sites for hydroxylation is 1. The van der Waals surface area contributed by atoms with Crippen molar-refractivity contribution in [2.75, 3.05) is 10.1 Å². The number of hydrogen-bond donors (Lipinski definition) is 2. The van der Waals surface area contributed by atoms with Gasteiger partial charge in [0.1, 0.15) is 4.90 Å². The number of nitrogens with zero attached hydrogens (tertiary/aromatic N) is 1. The molecule has 1 heterocycles. The van der Waals surface area contributed by atoms with Gasteiger partial charge in [-0.3, -0.25) is 9.82 Å². The van der Waals surface area contributed by atoms with Crippen molar-refractivity contribution < 1.29 is 8.42 Å². The second-order valence-corrected chi connectivity index (χ2v) is 6.51. The summed E-state index contributed by atoms with van der Waals surface area (Å²) in [7, 11) is -3.56. The van der Waals surface area contributed by atoms with E-state index in [4.69, 9.17) is 0 Å². The van der Waals surface area contributed by atoms with Crippen LogP contribution in [-0.4, -0.2) is 23.9 Å². The lowest BCUT2D eigenvalue weighted by molar-refractivity contribution is 0.601. The number of aromatic amines is 1. The molecule has 1 aromatic heterocycles. The Kier molecular flexibility index (Phi) is 4.60. The first-order valence-electron chi connectivity index (χ1n) is 5.78. The quantitative estimate of drug-likeness (QED) is 0.791. The normalized spacial score (nSPS) is 11.4. The van der Waals surface area contributed by atoms with E-state index in [0.29, 0.717) is 5.69 Å². The molecule has 0 atom stereocenters. The maximum Gasteiger partial charge on any atom is 0.265 e. The molecule has 0 spiro atoms. The fraction of sp³-hybridized carbons (Fsp3) is 0.250. The van der Waals surface area contributed by atoms with Crippen LogP contribution in [0, 0.1) is 0 Å². The largest absolute Gasteiger partial charge is 0.284 e. The van der Waals surface area contributed by atoms with Crippen LogP contribution in [0.4, 0.5) is 5.69 Å². The van der Waals surface area contributed by atoms with Crippen molar-refractivity contribution in [3.8, 4) is 0 Å². The van der Waals surface area contributed by atoms with Crippen molar-refractivity contribution in [1.82, 2.24) is 10.2 Å². The number of halogens is 1. The standard InChI is InChI=1S/C12H14BrN3O2S/c13-6-2-4-10-3-1-5-11(7-10)16-19(17,18)12-8-14-15-9-12/h1,3,5,7-9,16H,2,4,6H2,(H,14,15). The van der Waals surface area contributed by atoms with Crippen molar-refractivity contribution in [3.05, 3.63) is 42.2 Å². The number of aromatic nitrogens is 2. The highest BCUT2D eigenvalue weighted by molar-refractivity contribution is 9.09. The van der Waals surface area contributed by atoms with Gasteiger partial charge in [-0.2, -0.15) is 5.10 Å². The minimum absolute atomic E-state index is 0.123. The van der Waals surface area contributed by atoms with Crippen molar-refractivity contribution in [3.63, 3.8) is 0 Å². The molecule has 0 radical (unpaired) electrons. The SMILES string of the molecule is O=S(=O)(Nc1cccc(CCCBr)c1)c1cn[nH]c1. The molecule has 102 valence electrons. The highest BCUT2D eigenvalue weighted by Gasteiger charge is 2.15. The molecule has 5 nitrogen and oxygen atoms in total. The molecule has 19 heavy (non-hydrogen) atoms. The minimum Gasteiger partial charge on any atom is -0.284 e. The van der Waals surface area contributed by atoms with E-state index < -0.39 is 10.0 Å². The highest BCUT2D eigenvalue weighted by atomic mass is 79.9. The first kappa shape index (κ1) is 14.1. The van der Waals surface area contributed by atoms with E-state index in [0.717, 1.165) is 23.7 Å². The summed E-state index contributed by atoms with van der Waals surface area (Å²) < 4.78 is 26.6. The smallest absolute Gasteiger partial charge is 0.265 e. The lowest BCUT2D eigenvalue weighted by Crippen LogP contribution is -2.12. The molecular formula is C12H14BrN3O2S. The maximum atomic E-state index is 12.0. The Bertz CT molecular complexity index is 626. The molecule has 1 aromatic carbocycles. The zero-order valence-electron chi connectivity index (χ0n) is 10.1. The van der Waals surface area contributed by atoms with E-state index in [-0.39, 0.29) is 4.90 Å². The predicted octanol–water partition coefficient (Wildman–Crippen LogP) is 2.54. The van der Waals surface area contributed by atoms with E-state index in [9.17, 15) is 8.42 Å². The van der Waals surface area contributed by atoms with E-state index in [1.807, 2.05) is 18.2 Å². The topological polar surface area (TPSA) is 74.8 Å². The summed E-state index contributed by atoms with van der Waals surface area (Å²) in [5.41, 5.74) is 1.67. The average Bonchev–Trinajstić information content (AvgIpc) is 2.91. The fourth-order valence-electron chi connectivity index (χ4n) is 1.66. The Labute approximate surface area is 120 Å². The summed E-state index contributed by atoms with van der Waals surface area (Å²) in [6.07, 6.45) is 4.54. The Morgan fingerprint density at radius 3 is 2.89 bits per heavy atom. The molecule has 2 rings (SSSR count). The number of nitrogens with one attached hydrogen (secondary N) is 2. The number of H-pyrrole nitrogens is 1. The molecule has 0 aliphatic heterocycles. The molecule has 0 fully saturated rings. The van der Waals surface area contributed by atoms with Crippen LogP contribution in [0.1, 0.15) is 12.0 Å². The van der Waals surface area contributed by atoms with Crippen molar-refractivity contribution in [2.45, 2.75) is 17.7 Å². The van der Waals surface area contributed by atoms with Crippen molar-refractivity contribution in [2.24, 2.45) is 0 Å². The molecule has 0 saturated carbocycles. The molecule has 0 aliphatic rings. The Morgan fingerprint density at radius 2 is 2.21 bits per heavy atom. The third kappa shape index (κ3) is 3.81. The van der Waals surface area contributed by atoms with Crippen LogP contribution in [0.5, 0.6) is 0 Å². The van der Waals surface area contributed by atoms with Gasteiger partial charge in [0, 0.05) is 17.2 Å². The second-order valence-electron chi connectivity index (χ2n) is 4.03. The zero-order valence-corrected chi connectivity index (χ0v) is 12.5. The summed E-state index contributed by atoms with van der Waals surface area (Å²) >= 11 is 3.38. The average molecular weight is 344 g/mol. The van der Waals surface area contributed by atoms with E-state index in [1.165, 1.54) is 12.4 Å². The predicted molar refractivity (Wildman–Crippen MR) is 78.0 cm³/mol. The van der Waals surface area contributed by atoms with Crippen LogP contribution >= 0.6 is 15.9 Å². The highest BCUT2D eigenvalue weighted by Crippen LogP contribution is 2.17. The zero-order chi connectivity index (χ0) is 13.7. The van der Waals surface area contributed by atoms with Gasteiger partial charge in [-0.25, -0.2) is 8.42 Å². The Morgan fingerprint density at radius 1 is 1.37 bits per heavy atom. The number of anilines is 1. The molecule has 2 N–H and O–H groups in total. The van der Waals surface area contributed by atoms with Crippen LogP contribution in [-0.2, 0) is 16.4 Å². The van der Waals surface area contributed by atoms with Gasteiger partial charge in [-0.05, 0) is 30.5 Å². The van der Waals surface area contributed by atoms with Crippen LogP contribution in [0.3, 0.4) is 0 Å². The third-order valence-corrected chi connectivity index (χ3v) is 4.47. The lowest BCUT2D eigenvalue weighted by atomic mass is 10.1. The van der Waals surface area contributed by atoms with Crippen LogP contribution in [0.2, 0.25) is 0 Å². The van der Waals surface area contributed by atoms with E-state index in [2.05, 4.69) is 30.8 Å². The van der Waals surface area contributed by atoms with Gasteiger partial charge in [-0.1, -0.05) is 28.1 Å². The summed E-state index contributed by atoms with van der Waals surface area (Å²) in [6.45, 7) is 0. The summed E-state index contributed by atoms with van der Waals surface area (Å²) in [5.74, 6) is 0. The third-order valence-electron chi connectivity index (χ3n) is 2.56. The summed E-state index contributed by atoms with van der Waals surface area (Å²) in [6, 6.07) is 7.41. The van der Waals surface area contributed by atoms with Gasteiger partial charge in [0.25, 0.3) is 10.0 Å². The number of sulfonamides is 1. The number of hydrogen-bond acceptors (Lipinski definition) is 3. The van der Waals surface area contributed by atoms with Crippen LogP contribution in [0.15, 0.2) is 41.6 Å². The lowest BCUT2D eigenvalue weighted by Gasteiger charge is -2.07. The van der Waals surface area contributed by atoms with Crippen LogP contribution < -0.4 is 4.72 Å². The Hall–Kier alpha value is -1.34. The summed E-state index contributed by atoms with van der Waals surface area (Å²) in [5, 5.41) is 7.05. The van der Waals surface area contributed by atoms with Crippen LogP contribution in [0.25, 0.3) is 0 Å². The molecule has 0 aliphatic carbocycles. The molecular weight excluding hydrogens is 330 g/mol. The Balaban J connectivity index is 2.15. The molecule has 0 bridgehead atoms. The first-order chi connectivity index (χ1) is 9.12. The van der Waals surface area contributed by atoms with E-state index in [1.54, 1.807) is 6.07 Å². The van der Waals surface area contributed by atoms with Gasteiger partial charge in [-0.15, -0.1) is 0 Å². The molecule has 2 aromatic rings. The van der Waals surface area contributed by atoms with Crippen molar-refractivity contribution in [1.29, 1.82) is 0 Å². The molecule has 0 saturated heterocycles. The number of benzene rings is 1. The van der Waals surface area contributed by atoms with Gasteiger partial charge < -0.3 is 0 Å². The van der Waals surface area contributed by atoms with Gasteiger partial charge in [0.05, 0.1) is 6.20 Å². The maximum absolute atomic E-state index is 12.0. The molecule has 0 amide bonds. The van der Waals surface area contributed by atoms with Gasteiger partial charge in [0.2, 0.25) is 0 Å². The van der Waals surface area contributed by atoms with E-state index >= 15 is 0 Å². The first-order valence-corrected chi connectivity index (χ1v) is 8.39.